The standard InChI is InChI=1S/C24H19NO4/c1-16-13-22(27)23(24(28)29-16)21(26)12-11-18-15-25(14-17-7-3-2-4-8-17)20-10-6-5-9-19(18)20/h2-13,15,27H,14H2,1H3. The maximum Gasteiger partial charge on any atom is 0.351 e. The van der Waals surface area contributed by atoms with E-state index in [1.165, 1.54) is 24.6 Å². The average Bonchev–Trinajstić information content (AvgIpc) is 3.04. The van der Waals surface area contributed by atoms with E-state index < -0.39 is 11.4 Å². The van der Waals surface area contributed by atoms with E-state index in [9.17, 15) is 14.7 Å². The number of carbonyl (C=O) groups excluding carboxylic acids is 1. The van der Waals surface area contributed by atoms with Crippen LogP contribution in [0.25, 0.3) is 17.0 Å². The molecule has 144 valence electrons. The third-order valence-electron chi connectivity index (χ3n) is 4.73. The highest BCUT2D eigenvalue weighted by molar-refractivity contribution is 6.09. The van der Waals surface area contributed by atoms with Crippen molar-refractivity contribution in [3.05, 3.63) is 106 Å². The zero-order valence-corrected chi connectivity index (χ0v) is 15.8. The number of rotatable bonds is 5. The van der Waals surface area contributed by atoms with Crippen molar-refractivity contribution < 1.29 is 14.3 Å². The van der Waals surface area contributed by atoms with Gasteiger partial charge in [-0.1, -0.05) is 48.5 Å². The SMILES string of the molecule is Cc1cc(O)c(C(=O)C=Cc2cn(Cc3ccccc3)c3ccccc23)c(=O)o1. The molecule has 5 nitrogen and oxygen atoms in total. The molecule has 2 aromatic heterocycles. The first-order valence-corrected chi connectivity index (χ1v) is 9.21. The van der Waals surface area contributed by atoms with Crippen LogP contribution in [0.4, 0.5) is 0 Å². The molecule has 0 fully saturated rings. The molecular weight excluding hydrogens is 366 g/mol. The van der Waals surface area contributed by atoms with Crippen LogP contribution < -0.4 is 5.63 Å². The van der Waals surface area contributed by atoms with Crippen molar-refractivity contribution >= 4 is 22.8 Å². The normalized spacial score (nSPS) is 11.3. The third kappa shape index (κ3) is 3.75. The van der Waals surface area contributed by atoms with Crippen molar-refractivity contribution in [2.75, 3.05) is 0 Å². The first-order valence-electron chi connectivity index (χ1n) is 9.21. The smallest absolute Gasteiger partial charge is 0.351 e. The Hall–Kier alpha value is -3.86. The minimum absolute atomic E-state index is 0.247. The van der Waals surface area contributed by atoms with Crippen LogP contribution in [0, 0.1) is 6.92 Å². The molecule has 0 aliphatic heterocycles. The predicted molar refractivity (Wildman–Crippen MR) is 112 cm³/mol. The van der Waals surface area contributed by atoms with Gasteiger partial charge in [0, 0.05) is 35.3 Å². The molecule has 0 aliphatic carbocycles. The largest absolute Gasteiger partial charge is 0.507 e. The van der Waals surface area contributed by atoms with Gasteiger partial charge in [-0.3, -0.25) is 4.79 Å². The Morgan fingerprint density at radius 2 is 1.83 bits per heavy atom. The summed E-state index contributed by atoms with van der Waals surface area (Å²) in [4.78, 5) is 24.4. The lowest BCUT2D eigenvalue weighted by atomic mass is 10.1. The molecule has 0 bridgehead atoms. The van der Waals surface area contributed by atoms with E-state index in [4.69, 9.17) is 4.42 Å². The molecule has 4 rings (SSSR count). The van der Waals surface area contributed by atoms with E-state index in [2.05, 4.69) is 16.7 Å². The van der Waals surface area contributed by atoms with Crippen LogP contribution in [0.15, 0.2) is 82.1 Å². The van der Waals surface area contributed by atoms with Crippen molar-refractivity contribution in [1.29, 1.82) is 0 Å². The Balaban J connectivity index is 1.70. The molecule has 0 spiro atoms. The number of fused-ring (bicyclic) bond motifs is 1. The molecule has 5 heteroatoms. The zero-order valence-electron chi connectivity index (χ0n) is 15.8. The van der Waals surface area contributed by atoms with Crippen LogP contribution in [0.3, 0.4) is 0 Å². The summed E-state index contributed by atoms with van der Waals surface area (Å²) in [5.41, 5.74) is 1.85. The summed E-state index contributed by atoms with van der Waals surface area (Å²) in [5, 5.41) is 11.0. The summed E-state index contributed by atoms with van der Waals surface area (Å²) in [5.74, 6) is -0.729. The highest BCUT2D eigenvalue weighted by Gasteiger charge is 2.16. The number of hydrogen-bond donors (Lipinski definition) is 1. The summed E-state index contributed by atoms with van der Waals surface area (Å²) in [6.07, 6.45) is 4.92. The minimum Gasteiger partial charge on any atom is -0.507 e. The molecule has 2 aromatic carbocycles. The van der Waals surface area contributed by atoms with Gasteiger partial charge in [-0.05, 0) is 30.7 Å². The Labute approximate surface area is 167 Å². The second kappa shape index (κ2) is 7.64. The first-order chi connectivity index (χ1) is 14.0. The Morgan fingerprint density at radius 1 is 1.10 bits per heavy atom. The van der Waals surface area contributed by atoms with Gasteiger partial charge in [-0.15, -0.1) is 0 Å². The number of aromatic hydroxyl groups is 1. The number of carbonyl (C=O) groups is 1. The lowest BCUT2D eigenvalue weighted by Crippen LogP contribution is -2.12. The fourth-order valence-corrected chi connectivity index (χ4v) is 3.39. The van der Waals surface area contributed by atoms with Gasteiger partial charge in [-0.2, -0.15) is 0 Å². The third-order valence-corrected chi connectivity index (χ3v) is 4.73. The predicted octanol–water partition coefficient (Wildman–Crippen LogP) is 4.55. The fourth-order valence-electron chi connectivity index (χ4n) is 3.39. The second-order valence-electron chi connectivity index (χ2n) is 6.82. The van der Waals surface area contributed by atoms with Gasteiger partial charge < -0.3 is 14.1 Å². The van der Waals surface area contributed by atoms with Gasteiger partial charge in [0.1, 0.15) is 17.1 Å². The molecule has 0 saturated carbocycles. The lowest BCUT2D eigenvalue weighted by molar-refractivity contribution is 0.104. The van der Waals surface area contributed by atoms with E-state index in [0.717, 1.165) is 16.5 Å². The molecule has 1 N–H and O–H groups in total. The van der Waals surface area contributed by atoms with Crippen LogP contribution in [0.1, 0.15) is 27.2 Å². The number of nitrogens with zero attached hydrogens (tertiary/aromatic N) is 1. The van der Waals surface area contributed by atoms with Crippen molar-refractivity contribution in [3.8, 4) is 5.75 Å². The molecule has 0 radical (unpaired) electrons. The van der Waals surface area contributed by atoms with E-state index in [-0.39, 0.29) is 17.1 Å². The van der Waals surface area contributed by atoms with Crippen molar-refractivity contribution in [1.82, 2.24) is 4.57 Å². The van der Waals surface area contributed by atoms with Gasteiger partial charge in [0.2, 0.25) is 0 Å². The molecule has 4 aromatic rings. The highest BCUT2D eigenvalue weighted by atomic mass is 16.4. The van der Waals surface area contributed by atoms with E-state index in [0.29, 0.717) is 6.54 Å². The fraction of sp³-hybridized carbons (Fsp3) is 0.0833. The number of aryl methyl sites for hydroxylation is 1. The summed E-state index contributed by atoms with van der Waals surface area (Å²) in [6.45, 7) is 2.23. The molecule has 0 amide bonds. The first kappa shape index (κ1) is 18.5. The summed E-state index contributed by atoms with van der Waals surface area (Å²) in [6, 6.07) is 19.3. The van der Waals surface area contributed by atoms with E-state index >= 15 is 0 Å². The van der Waals surface area contributed by atoms with Crippen molar-refractivity contribution in [2.24, 2.45) is 0 Å². The average molecular weight is 385 g/mol. The monoisotopic (exact) mass is 385 g/mol. The quantitative estimate of drug-likeness (QED) is 0.404. The van der Waals surface area contributed by atoms with Crippen LogP contribution in [0.2, 0.25) is 0 Å². The molecule has 0 saturated heterocycles. The molecule has 0 atom stereocenters. The number of para-hydroxylation sites is 1. The van der Waals surface area contributed by atoms with Gasteiger partial charge in [0.05, 0.1) is 0 Å². The number of benzene rings is 2. The van der Waals surface area contributed by atoms with Gasteiger partial charge in [0.15, 0.2) is 5.78 Å². The minimum atomic E-state index is -0.844. The maximum atomic E-state index is 12.5. The van der Waals surface area contributed by atoms with Crippen LogP contribution >= 0.6 is 0 Å². The number of allylic oxidation sites excluding steroid dienone is 1. The maximum absolute atomic E-state index is 12.5. The summed E-state index contributed by atoms with van der Waals surface area (Å²) in [7, 11) is 0. The van der Waals surface area contributed by atoms with Crippen LogP contribution in [-0.4, -0.2) is 15.5 Å². The van der Waals surface area contributed by atoms with E-state index in [1.807, 2.05) is 48.7 Å². The van der Waals surface area contributed by atoms with Crippen LogP contribution in [-0.2, 0) is 6.54 Å². The molecule has 0 aliphatic rings. The summed E-state index contributed by atoms with van der Waals surface area (Å²) < 4.78 is 7.05. The van der Waals surface area contributed by atoms with E-state index in [1.54, 1.807) is 6.08 Å². The molecule has 0 unspecified atom stereocenters. The molecule has 29 heavy (non-hydrogen) atoms. The number of ketones is 1. The second-order valence-corrected chi connectivity index (χ2v) is 6.82. The van der Waals surface area contributed by atoms with Crippen molar-refractivity contribution in [2.45, 2.75) is 13.5 Å². The Bertz CT molecular complexity index is 1280. The topological polar surface area (TPSA) is 72.4 Å². The summed E-state index contributed by atoms with van der Waals surface area (Å²) >= 11 is 0. The van der Waals surface area contributed by atoms with Gasteiger partial charge in [0.25, 0.3) is 0 Å². The Kier molecular flexibility index (Phi) is 4.87. The Morgan fingerprint density at radius 3 is 2.59 bits per heavy atom. The molecule has 2 heterocycles. The van der Waals surface area contributed by atoms with Crippen molar-refractivity contribution in [3.63, 3.8) is 0 Å². The van der Waals surface area contributed by atoms with Gasteiger partial charge in [-0.25, -0.2) is 4.79 Å². The zero-order chi connectivity index (χ0) is 20.4. The number of hydrogen-bond acceptors (Lipinski definition) is 4. The molecular formula is C24H19NO4. The van der Waals surface area contributed by atoms with Gasteiger partial charge >= 0.3 is 5.63 Å². The highest BCUT2D eigenvalue weighted by Crippen LogP contribution is 2.24. The lowest BCUT2D eigenvalue weighted by Gasteiger charge is -2.05. The van der Waals surface area contributed by atoms with Crippen LogP contribution in [0.5, 0.6) is 5.75 Å². The number of aromatic nitrogens is 1.